The van der Waals surface area contributed by atoms with Crippen LogP contribution in [0.25, 0.3) is 0 Å². The summed E-state index contributed by atoms with van der Waals surface area (Å²) in [6.45, 7) is 12.7. The fraction of sp³-hybridized carbons (Fsp3) is 0.889. The second-order valence-electron chi connectivity index (χ2n) is 8.22. The maximum Gasteiger partial charge on any atom is 0.317 e. The summed E-state index contributed by atoms with van der Waals surface area (Å²) in [5.74, 6) is 0.745. The maximum absolute atomic E-state index is 12.7. The Bertz CT molecular complexity index is 431. The highest BCUT2D eigenvalue weighted by Crippen LogP contribution is 2.20. The molecule has 4 N–H and O–H groups in total. The number of amides is 3. The molecule has 0 aromatic carbocycles. The van der Waals surface area contributed by atoms with Crippen molar-refractivity contribution < 1.29 is 9.59 Å². The summed E-state index contributed by atoms with van der Waals surface area (Å²) in [7, 11) is 0. The zero-order chi connectivity index (χ0) is 18.3. The lowest BCUT2D eigenvalue weighted by Gasteiger charge is -2.36. The smallest absolute Gasteiger partial charge is 0.317 e. The van der Waals surface area contributed by atoms with Crippen LogP contribution in [0.15, 0.2) is 0 Å². The highest BCUT2D eigenvalue weighted by molar-refractivity contribution is 5.85. The maximum atomic E-state index is 12.7. The van der Waals surface area contributed by atoms with Crippen LogP contribution in [-0.2, 0) is 4.79 Å². The number of hydrogen-bond acceptors (Lipinski definition) is 3. The molecular weight excluding hydrogens is 340 g/mol. The van der Waals surface area contributed by atoms with Crippen LogP contribution in [-0.4, -0.2) is 48.6 Å². The molecule has 148 valence electrons. The number of hydrogen-bond donors (Lipinski definition) is 3. The zero-order valence-corrected chi connectivity index (χ0v) is 17.2. The molecule has 2 atom stereocenters. The molecule has 1 fully saturated rings. The molecule has 0 aromatic rings. The van der Waals surface area contributed by atoms with Crippen LogP contribution >= 0.6 is 12.4 Å². The van der Waals surface area contributed by atoms with Crippen LogP contribution in [0.5, 0.6) is 0 Å². The molecule has 0 radical (unpaired) electrons. The summed E-state index contributed by atoms with van der Waals surface area (Å²) >= 11 is 0. The number of halogens is 1. The standard InChI is InChI=1S/C18H36N4O2.ClH/c1-13(2)9-18(5,12-19)21-16(23)15-7-6-8-22(11-15)17(24)20-10-14(3)4;/h13-15H,6-12,19H2,1-5H3,(H,20,24)(H,21,23);1H. The molecule has 6 nitrogen and oxygen atoms in total. The van der Waals surface area contributed by atoms with Crippen LogP contribution in [0.2, 0.25) is 0 Å². The Hall–Kier alpha value is -1.01. The number of likely N-dealkylation sites (tertiary alicyclic amines) is 1. The number of urea groups is 1. The molecule has 1 heterocycles. The van der Waals surface area contributed by atoms with Crippen molar-refractivity contribution in [1.29, 1.82) is 0 Å². The van der Waals surface area contributed by atoms with Crippen molar-refractivity contribution in [1.82, 2.24) is 15.5 Å². The molecule has 7 heteroatoms. The van der Waals surface area contributed by atoms with Gasteiger partial charge in [0.2, 0.25) is 5.91 Å². The van der Waals surface area contributed by atoms with Crippen molar-refractivity contribution in [2.24, 2.45) is 23.5 Å². The van der Waals surface area contributed by atoms with E-state index in [9.17, 15) is 9.59 Å². The fourth-order valence-corrected chi connectivity index (χ4v) is 3.26. The third-order valence-corrected chi connectivity index (χ3v) is 4.48. The van der Waals surface area contributed by atoms with E-state index in [0.717, 1.165) is 19.3 Å². The molecule has 0 aromatic heterocycles. The van der Waals surface area contributed by atoms with Gasteiger partial charge in [-0.25, -0.2) is 4.79 Å². The minimum atomic E-state index is -0.382. The van der Waals surface area contributed by atoms with E-state index in [2.05, 4.69) is 38.3 Å². The van der Waals surface area contributed by atoms with Gasteiger partial charge in [-0.05, 0) is 38.0 Å². The predicted octanol–water partition coefficient (Wildman–Crippen LogP) is 2.37. The second-order valence-corrected chi connectivity index (χ2v) is 8.22. The van der Waals surface area contributed by atoms with Crippen LogP contribution in [0.3, 0.4) is 0 Å². The molecule has 0 aliphatic carbocycles. The summed E-state index contributed by atoms with van der Waals surface area (Å²) in [4.78, 5) is 26.6. The van der Waals surface area contributed by atoms with E-state index >= 15 is 0 Å². The molecule has 0 spiro atoms. The monoisotopic (exact) mass is 376 g/mol. The van der Waals surface area contributed by atoms with Crippen LogP contribution in [0.4, 0.5) is 4.79 Å². The third-order valence-electron chi connectivity index (χ3n) is 4.48. The van der Waals surface area contributed by atoms with Gasteiger partial charge in [-0.2, -0.15) is 0 Å². The summed E-state index contributed by atoms with van der Waals surface area (Å²) in [5, 5.41) is 6.06. The first kappa shape index (κ1) is 24.0. The molecule has 1 saturated heterocycles. The Balaban J connectivity index is 0.00000576. The van der Waals surface area contributed by atoms with Gasteiger partial charge in [0, 0.05) is 31.7 Å². The van der Waals surface area contributed by atoms with E-state index in [1.807, 2.05) is 6.92 Å². The van der Waals surface area contributed by atoms with Crippen LogP contribution in [0.1, 0.15) is 53.9 Å². The van der Waals surface area contributed by atoms with Crippen LogP contribution < -0.4 is 16.4 Å². The quantitative estimate of drug-likeness (QED) is 0.637. The fourth-order valence-electron chi connectivity index (χ4n) is 3.26. The van der Waals surface area contributed by atoms with Gasteiger partial charge in [0.15, 0.2) is 0 Å². The Labute approximate surface area is 159 Å². The zero-order valence-electron chi connectivity index (χ0n) is 16.4. The molecular formula is C18H37ClN4O2. The van der Waals surface area contributed by atoms with E-state index in [-0.39, 0.29) is 35.8 Å². The highest BCUT2D eigenvalue weighted by atomic mass is 35.5. The second kappa shape index (κ2) is 10.9. The van der Waals surface area contributed by atoms with E-state index < -0.39 is 0 Å². The minimum Gasteiger partial charge on any atom is -0.349 e. The first-order chi connectivity index (χ1) is 11.2. The van der Waals surface area contributed by atoms with E-state index in [4.69, 9.17) is 5.73 Å². The van der Waals surface area contributed by atoms with Gasteiger partial charge in [0.25, 0.3) is 0 Å². The molecule has 25 heavy (non-hydrogen) atoms. The lowest BCUT2D eigenvalue weighted by molar-refractivity contribution is -0.128. The highest BCUT2D eigenvalue weighted by Gasteiger charge is 2.33. The summed E-state index contributed by atoms with van der Waals surface area (Å²) in [6, 6.07) is -0.0648. The predicted molar refractivity (Wildman–Crippen MR) is 105 cm³/mol. The van der Waals surface area contributed by atoms with Gasteiger partial charge in [-0.15, -0.1) is 12.4 Å². The Morgan fingerprint density at radius 3 is 2.40 bits per heavy atom. The van der Waals surface area contributed by atoms with Gasteiger partial charge in [0.05, 0.1) is 5.92 Å². The molecule has 1 aliphatic rings. The van der Waals surface area contributed by atoms with Gasteiger partial charge >= 0.3 is 6.03 Å². The third kappa shape index (κ3) is 8.27. The first-order valence-corrected chi connectivity index (χ1v) is 9.21. The normalized spacial score (nSPS) is 20.0. The van der Waals surface area contributed by atoms with Gasteiger partial charge in [-0.3, -0.25) is 4.79 Å². The van der Waals surface area contributed by atoms with E-state index in [1.165, 1.54) is 0 Å². The number of rotatable bonds is 7. The minimum absolute atomic E-state index is 0. The number of carbonyl (C=O) groups excluding carboxylic acids is 2. The van der Waals surface area contributed by atoms with Crippen molar-refractivity contribution in [3.63, 3.8) is 0 Å². The van der Waals surface area contributed by atoms with Crippen molar-refractivity contribution in [2.75, 3.05) is 26.2 Å². The Morgan fingerprint density at radius 1 is 1.24 bits per heavy atom. The lowest BCUT2D eigenvalue weighted by Crippen LogP contribution is -2.56. The molecule has 3 amide bonds. The van der Waals surface area contributed by atoms with E-state index in [0.29, 0.717) is 38.0 Å². The Kier molecular flexibility index (Phi) is 10.4. The van der Waals surface area contributed by atoms with Gasteiger partial charge in [-0.1, -0.05) is 27.7 Å². The average molecular weight is 377 g/mol. The van der Waals surface area contributed by atoms with Crippen molar-refractivity contribution in [3.8, 4) is 0 Å². The largest absolute Gasteiger partial charge is 0.349 e. The SMILES string of the molecule is CC(C)CNC(=O)N1CCCC(C(=O)NC(C)(CN)CC(C)C)C1.Cl. The van der Waals surface area contributed by atoms with Gasteiger partial charge < -0.3 is 21.3 Å². The summed E-state index contributed by atoms with van der Waals surface area (Å²) in [6.07, 6.45) is 2.53. The molecule has 0 saturated carbocycles. The summed E-state index contributed by atoms with van der Waals surface area (Å²) in [5.41, 5.74) is 5.51. The molecule has 1 rings (SSSR count). The number of piperidine rings is 1. The topological polar surface area (TPSA) is 87.5 Å². The van der Waals surface area contributed by atoms with Crippen molar-refractivity contribution >= 4 is 24.3 Å². The lowest BCUT2D eigenvalue weighted by atomic mass is 9.89. The molecule has 1 aliphatic heterocycles. The van der Waals surface area contributed by atoms with Gasteiger partial charge in [0.1, 0.15) is 0 Å². The Morgan fingerprint density at radius 2 is 1.88 bits per heavy atom. The first-order valence-electron chi connectivity index (χ1n) is 9.21. The number of nitrogens with one attached hydrogen (secondary N) is 2. The number of nitrogens with two attached hydrogens (primary N) is 1. The average Bonchev–Trinajstić information content (AvgIpc) is 2.51. The van der Waals surface area contributed by atoms with E-state index in [1.54, 1.807) is 4.90 Å². The molecule has 0 bridgehead atoms. The van der Waals surface area contributed by atoms with Crippen LogP contribution in [0, 0.1) is 17.8 Å². The molecule has 2 unspecified atom stereocenters. The van der Waals surface area contributed by atoms with Crippen molar-refractivity contribution in [3.05, 3.63) is 0 Å². The summed E-state index contributed by atoms with van der Waals surface area (Å²) < 4.78 is 0. The van der Waals surface area contributed by atoms with Crippen molar-refractivity contribution in [2.45, 2.75) is 59.4 Å². The number of carbonyl (C=O) groups is 2. The number of nitrogens with zero attached hydrogens (tertiary/aromatic N) is 1.